The predicted octanol–water partition coefficient (Wildman–Crippen LogP) is 3.59. The molecule has 0 radical (unpaired) electrons. The van der Waals surface area contributed by atoms with Crippen LogP contribution in [0.2, 0.25) is 10.0 Å². The number of nitrogen functional groups attached to an aromatic ring is 1. The number of anilines is 1. The van der Waals surface area contributed by atoms with Crippen molar-refractivity contribution in [1.29, 1.82) is 0 Å². The minimum absolute atomic E-state index is 0.378. The molecule has 0 unspecified atom stereocenters. The topological polar surface area (TPSA) is 48.1 Å². The Labute approximate surface area is 115 Å². The number of halogens is 2. The van der Waals surface area contributed by atoms with Crippen LogP contribution in [-0.4, -0.2) is 11.6 Å². The van der Waals surface area contributed by atoms with Gasteiger partial charge < -0.3 is 10.5 Å². The molecule has 18 heavy (non-hydrogen) atoms. The number of benzene rings is 1. The lowest BCUT2D eigenvalue weighted by atomic mass is 10.1. The van der Waals surface area contributed by atoms with Crippen LogP contribution in [-0.2, 0) is 6.42 Å². The maximum atomic E-state index is 6.07. The highest BCUT2D eigenvalue weighted by atomic mass is 35.5. The van der Waals surface area contributed by atoms with Gasteiger partial charge in [0, 0.05) is 22.7 Å². The van der Waals surface area contributed by atoms with E-state index in [0.29, 0.717) is 34.6 Å². The molecule has 2 aromatic rings. The largest absolute Gasteiger partial charge is 0.489 e. The van der Waals surface area contributed by atoms with Gasteiger partial charge in [-0.05, 0) is 29.8 Å². The number of rotatable bonds is 4. The van der Waals surface area contributed by atoms with Gasteiger partial charge in [0.1, 0.15) is 0 Å². The van der Waals surface area contributed by atoms with Crippen molar-refractivity contribution >= 4 is 29.0 Å². The van der Waals surface area contributed by atoms with Gasteiger partial charge in [-0.1, -0.05) is 29.3 Å². The Bertz CT molecular complexity index is 526. The lowest BCUT2D eigenvalue weighted by molar-refractivity contribution is 0.322. The van der Waals surface area contributed by atoms with E-state index in [-0.39, 0.29) is 0 Å². The third-order valence-electron chi connectivity index (χ3n) is 2.47. The van der Waals surface area contributed by atoms with E-state index in [9.17, 15) is 0 Å². The molecule has 0 bridgehead atoms. The van der Waals surface area contributed by atoms with Crippen molar-refractivity contribution in [3.05, 3.63) is 52.1 Å². The van der Waals surface area contributed by atoms with Crippen LogP contribution in [0.1, 0.15) is 5.56 Å². The molecule has 0 spiro atoms. The van der Waals surface area contributed by atoms with Crippen LogP contribution in [0.3, 0.4) is 0 Å². The lowest BCUT2D eigenvalue weighted by Gasteiger charge is -2.09. The quantitative estimate of drug-likeness (QED) is 0.932. The number of hydrogen-bond donors (Lipinski definition) is 1. The SMILES string of the molecule is Nc1ncccc1OCCc1c(Cl)cccc1Cl. The standard InChI is InChI=1S/C13H12Cl2N2O/c14-10-3-1-4-11(15)9(10)6-8-18-12-5-2-7-17-13(12)16/h1-5,7H,6,8H2,(H2,16,17). The molecular formula is C13H12Cl2N2O. The molecule has 2 rings (SSSR count). The fourth-order valence-corrected chi connectivity index (χ4v) is 2.15. The highest BCUT2D eigenvalue weighted by Crippen LogP contribution is 2.25. The van der Waals surface area contributed by atoms with E-state index >= 15 is 0 Å². The highest BCUT2D eigenvalue weighted by molar-refractivity contribution is 6.35. The summed E-state index contributed by atoms with van der Waals surface area (Å²) in [5.41, 5.74) is 6.55. The van der Waals surface area contributed by atoms with Gasteiger partial charge in [0.05, 0.1) is 6.61 Å². The van der Waals surface area contributed by atoms with Gasteiger partial charge in [-0.3, -0.25) is 0 Å². The number of ether oxygens (including phenoxy) is 1. The minimum atomic E-state index is 0.378. The molecule has 0 aliphatic heterocycles. The first kappa shape index (κ1) is 13.0. The van der Waals surface area contributed by atoms with E-state index in [4.69, 9.17) is 33.7 Å². The van der Waals surface area contributed by atoms with Gasteiger partial charge in [-0.2, -0.15) is 0 Å². The molecule has 94 valence electrons. The van der Waals surface area contributed by atoms with Crippen LogP contribution in [0.4, 0.5) is 5.82 Å². The highest BCUT2D eigenvalue weighted by Gasteiger charge is 2.06. The minimum Gasteiger partial charge on any atom is -0.489 e. The van der Waals surface area contributed by atoms with Gasteiger partial charge in [-0.15, -0.1) is 0 Å². The van der Waals surface area contributed by atoms with E-state index in [0.717, 1.165) is 5.56 Å². The van der Waals surface area contributed by atoms with Crippen molar-refractivity contribution in [2.75, 3.05) is 12.3 Å². The molecule has 1 heterocycles. The fraction of sp³-hybridized carbons (Fsp3) is 0.154. The molecule has 5 heteroatoms. The molecule has 1 aromatic heterocycles. The van der Waals surface area contributed by atoms with Crippen LogP contribution in [0, 0.1) is 0 Å². The number of nitrogens with zero attached hydrogens (tertiary/aromatic N) is 1. The van der Waals surface area contributed by atoms with Gasteiger partial charge in [0.15, 0.2) is 11.6 Å². The molecule has 0 saturated heterocycles. The van der Waals surface area contributed by atoms with Gasteiger partial charge in [0.2, 0.25) is 0 Å². The maximum Gasteiger partial charge on any atom is 0.166 e. The Kier molecular flexibility index (Phi) is 4.28. The van der Waals surface area contributed by atoms with Crippen molar-refractivity contribution in [3.8, 4) is 5.75 Å². The van der Waals surface area contributed by atoms with Crippen LogP contribution in [0.5, 0.6) is 5.75 Å². The molecule has 0 aliphatic rings. The van der Waals surface area contributed by atoms with Crippen LogP contribution in [0.15, 0.2) is 36.5 Å². The summed E-state index contributed by atoms with van der Waals surface area (Å²) >= 11 is 12.1. The summed E-state index contributed by atoms with van der Waals surface area (Å²) in [6.45, 7) is 0.444. The summed E-state index contributed by atoms with van der Waals surface area (Å²) in [6.07, 6.45) is 2.24. The smallest absolute Gasteiger partial charge is 0.166 e. The molecule has 0 atom stereocenters. The van der Waals surface area contributed by atoms with Crippen molar-refractivity contribution in [2.45, 2.75) is 6.42 Å². The average Bonchev–Trinajstić information content (AvgIpc) is 2.35. The monoisotopic (exact) mass is 282 g/mol. The van der Waals surface area contributed by atoms with E-state index < -0.39 is 0 Å². The zero-order valence-corrected chi connectivity index (χ0v) is 11.1. The Morgan fingerprint density at radius 2 is 1.83 bits per heavy atom. The number of hydrogen-bond acceptors (Lipinski definition) is 3. The Morgan fingerprint density at radius 1 is 1.11 bits per heavy atom. The Balaban J connectivity index is 1.99. The van der Waals surface area contributed by atoms with Crippen LogP contribution >= 0.6 is 23.2 Å². The zero-order valence-electron chi connectivity index (χ0n) is 9.57. The summed E-state index contributed by atoms with van der Waals surface area (Å²) in [7, 11) is 0. The average molecular weight is 283 g/mol. The van der Waals surface area contributed by atoms with Crippen molar-refractivity contribution < 1.29 is 4.74 Å². The van der Waals surface area contributed by atoms with Gasteiger partial charge in [0.25, 0.3) is 0 Å². The van der Waals surface area contributed by atoms with Crippen molar-refractivity contribution in [2.24, 2.45) is 0 Å². The molecule has 0 fully saturated rings. The second kappa shape index (κ2) is 5.94. The predicted molar refractivity (Wildman–Crippen MR) is 74.3 cm³/mol. The second-order valence-electron chi connectivity index (χ2n) is 3.69. The first-order valence-electron chi connectivity index (χ1n) is 5.44. The van der Waals surface area contributed by atoms with E-state index in [1.165, 1.54) is 0 Å². The summed E-state index contributed by atoms with van der Waals surface area (Å²) < 4.78 is 5.55. The zero-order chi connectivity index (χ0) is 13.0. The molecule has 0 aliphatic carbocycles. The fourth-order valence-electron chi connectivity index (χ4n) is 1.56. The van der Waals surface area contributed by atoms with E-state index in [1.807, 2.05) is 6.07 Å². The molecule has 0 saturated carbocycles. The molecule has 0 amide bonds. The normalized spacial score (nSPS) is 10.3. The third-order valence-corrected chi connectivity index (χ3v) is 3.18. The lowest BCUT2D eigenvalue weighted by Crippen LogP contribution is -2.05. The molecular weight excluding hydrogens is 271 g/mol. The Hall–Kier alpha value is -1.45. The summed E-state index contributed by atoms with van der Waals surface area (Å²) in [4.78, 5) is 3.94. The maximum absolute atomic E-state index is 6.07. The summed E-state index contributed by atoms with van der Waals surface area (Å²) in [6, 6.07) is 8.97. The second-order valence-corrected chi connectivity index (χ2v) is 4.50. The van der Waals surface area contributed by atoms with Crippen LogP contribution < -0.4 is 10.5 Å². The third kappa shape index (κ3) is 3.06. The number of nitrogens with two attached hydrogens (primary N) is 1. The summed E-state index contributed by atoms with van der Waals surface area (Å²) in [5, 5.41) is 1.29. The van der Waals surface area contributed by atoms with E-state index in [1.54, 1.807) is 30.5 Å². The number of aromatic nitrogens is 1. The molecule has 3 nitrogen and oxygen atoms in total. The molecule has 1 aromatic carbocycles. The van der Waals surface area contributed by atoms with Gasteiger partial charge >= 0.3 is 0 Å². The van der Waals surface area contributed by atoms with E-state index in [2.05, 4.69) is 4.98 Å². The Morgan fingerprint density at radius 3 is 2.50 bits per heavy atom. The van der Waals surface area contributed by atoms with Crippen molar-refractivity contribution in [3.63, 3.8) is 0 Å². The summed E-state index contributed by atoms with van der Waals surface area (Å²) in [5.74, 6) is 0.948. The van der Waals surface area contributed by atoms with Crippen molar-refractivity contribution in [1.82, 2.24) is 4.98 Å². The molecule has 2 N–H and O–H groups in total. The first-order chi connectivity index (χ1) is 8.68. The van der Waals surface area contributed by atoms with Crippen LogP contribution in [0.25, 0.3) is 0 Å². The first-order valence-corrected chi connectivity index (χ1v) is 6.20. The van der Waals surface area contributed by atoms with Gasteiger partial charge in [-0.25, -0.2) is 4.98 Å². The number of pyridine rings is 1.